The van der Waals surface area contributed by atoms with E-state index in [1.807, 2.05) is 0 Å². The summed E-state index contributed by atoms with van der Waals surface area (Å²) in [6.45, 7) is 8.15. The number of nitrogens with one attached hydrogen (secondary N) is 1. The van der Waals surface area contributed by atoms with Crippen LogP contribution in [0.3, 0.4) is 0 Å². The molecule has 2 rings (SSSR count). The topological polar surface area (TPSA) is 15.3 Å². The molecule has 2 fully saturated rings. The van der Waals surface area contributed by atoms with Crippen LogP contribution in [0, 0.1) is 11.8 Å². The molecule has 0 radical (unpaired) electrons. The summed E-state index contributed by atoms with van der Waals surface area (Å²) in [5.41, 5.74) is 0. The monoisotopic (exact) mass is 252 g/mol. The molecule has 2 saturated carbocycles. The first kappa shape index (κ1) is 14.3. The maximum atomic E-state index is 3.62. The van der Waals surface area contributed by atoms with E-state index < -0.39 is 0 Å². The van der Waals surface area contributed by atoms with Crippen LogP contribution in [0.25, 0.3) is 0 Å². The Kier molecular flexibility index (Phi) is 5.08. The maximum Gasteiger partial charge on any atom is 0.0136 e. The number of nitrogens with zero attached hydrogens (tertiary/aromatic N) is 1. The minimum absolute atomic E-state index is 0.631. The number of hydrogen-bond donors (Lipinski definition) is 1. The average molecular weight is 252 g/mol. The summed E-state index contributed by atoms with van der Waals surface area (Å²) in [6, 6.07) is 2.35. The van der Waals surface area contributed by atoms with Crippen LogP contribution in [0.1, 0.15) is 59.3 Å². The van der Waals surface area contributed by atoms with Crippen LogP contribution in [0.15, 0.2) is 0 Å². The van der Waals surface area contributed by atoms with Gasteiger partial charge in [-0.1, -0.05) is 33.6 Å². The molecule has 0 spiro atoms. The van der Waals surface area contributed by atoms with Gasteiger partial charge in [0, 0.05) is 18.1 Å². The Balaban J connectivity index is 1.79. The molecule has 4 atom stereocenters. The van der Waals surface area contributed by atoms with E-state index in [0.717, 1.165) is 23.9 Å². The highest BCUT2D eigenvalue weighted by Gasteiger charge is 2.37. The molecule has 1 N–H and O–H groups in total. The highest BCUT2D eigenvalue weighted by molar-refractivity contribution is 4.92. The van der Waals surface area contributed by atoms with Crippen LogP contribution in [-0.4, -0.2) is 36.6 Å². The Morgan fingerprint density at radius 2 is 1.94 bits per heavy atom. The van der Waals surface area contributed by atoms with Gasteiger partial charge in [-0.05, 0) is 51.1 Å². The van der Waals surface area contributed by atoms with Crippen molar-refractivity contribution in [2.75, 3.05) is 13.6 Å². The first-order chi connectivity index (χ1) is 8.58. The van der Waals surface area contributed by atoms with Gasteiger partial charge in [0.15, 0.2) is 0 Å². The summed E-state index contributed by atoms with van der Waals surface area (Å²) >= 11 is 0. The number of hydrogen-bond acceptors (Lipinski definition) is 2. The van der Waals surface area contributed by atoms with E-state index in [9.17, 15) is 0 Å². The van der Waals surface area contributed by atoms with E-state index in [2.05, 4.69) is 38.0 Å². The minimum atomic E-state index is 0.631. The molecule has 2 heteroatoms. The lowest BCUT2D eigenvalue weighted by Gasteiger charge is -2.48. The molecule has 0 aliphatic heterocycles. The van der Waals surface area contributed by atoms with Gasteiger partial charge in [0.1, 0.15) is 0 Å². The van der Waals surface area contributed by atoms with Crippen LogP contribution >= 0.6 is 0 Å². The molecule has 0 heterocycles. The van der Waals surface area contributed by atoms with Crippen molar-refractivity contribution in [3.8, 4) is 0 Å². The van der Waals surface area contributed by atoms with Crippen molar-refractivity contribution >= 4 is 0 Å². The molecular weight excluding hydrogens is 220 g/mol. The van der Waals surface area contributed by atoms with E-state index in [1.54, 1.807) is 0 Å². The molecule has 0 aromatic heterocycles. The highest BCUT2D eigenvalue weighted by atomic mass is 15.2. The predicted octanol–water partition coefficient (Wildman–Crippen LogP) is 3.27. The number of rotatable bonds is 5. The second-order valence-corrected chi connectivity index (χ2v) is 7.06. The third-order valence-electron chi connectivity index (χ3n) is 5.17. The largest absolute Gasteiger partial charge is 0.314 e. The quantitative estimate of drug-likeness (QED) is 0.808. The predicted molar refractivity (Wildman–Crippen MR) is 78.8 cm³/mol. The Morgan fingerprint density at radius 3 is 2.50 bits per heavy atom. The van der Waals surface area contributed by atoms with E-state index in [-0.39, 0.29) is 0 Å². The van der Waals surface area contributed by atoms with Gasteiger partial charge in [-0.25, -0.2) is 0 Å². The lowest BCUT2D eigenvalue weighted by molar-refractivity contribution is 0.0281. The highest BCUT2D eigenvalue weighted by Crippen LogP contribution is 2.36. The Morgan fingerprint density at radius 1 is 1.17 bits per heavy atom. The molecule has 0 amide bonds. The van der Waals surface area contributed by atoms with Crippen molar-refractivity contribution in [3.05, 3.63) is 0 Å². The molecule has 18 heavy (non-hydrogen) atoms. The van der Waals surface area contributed by atoms with Crippen molar-refractivity contribution in [3.63, 3.8) is 0 Å². The summed E-state index contributed by atoms with van der Waals surface area (Å²) in [7, 11) is 2.38. The fourth-order valence-corrected chi connectivity index (χ4v) is 3.76. The zero-order valence-corrected chi connectivity index (χ0v) is 12.8. The normalized spacial score (nSPS) is 37.0. The SMILES string of the molecule is CC1CCCC(N(C)C2CCC2CNC(C)C)C1. The van der Waals surface area contributed by atoms with E-state index in [1.165, 1.54) is 45.1 Å². The van der Waals surface area contributed by atoms with Crippen molar-refractivity contribution in [1.82, 2.24) is 10.2 Å². The molecule has 0 bridgehead atoms. The van der Waals surface area contributed by atoms with Crippen molar-refractivity contribution in [2.45, 2.75) is 77.4 Å². The van der Waals surface area contributed by atoms with Gasteiger partial charge in [0.05, 0.1) is 0 Å². The fourth-order valence-electron chi connectivity index (χ4n) is 3.76. The van der Waals surface area contributed by atoms with Gasteiger partial charge in [-0.3, -0.25) is 0 Å². The fraction of sp³-hybridized carbons (Fsp3) is 1.00. The smallest absolute Gasteiger partial charge is 0.0136 e. The van der Waals surface area contributed by atoms with Gasteiger partial charge in [-0.2, -0.15) is 0 Å². The van der Waals surface area contributed by atoms with Crippen LogP contribution in [0.2, 0.25) is 0 Å². The van der Waals surface area contributed by atoms with Crippen LogP contribution in [-0.2, 0) is 0 Å². The summed E-state index contributed by atoms with van der Waals surface area (Å²) in [6.07, 6.45) is 8.60. The van der Waals surface area contributed by atoms with Crippen LogP contribution < -0.4 is 5.32 Å². The third-order valence-corrected chi connectivity index (χ3v) is 5.17. The zero-order chi connectivity index (χ0) is 13.1. The Bertz CT molecular complexity index is 251. The lowest BCUT2D eigenvalue weighted by Crippen LogP contribution is -2.53. The molecule has 2 aliphatic carbocycles. The summed E-state index contributed by atoms with van der Waals surface area (Å²) in [4.78, 5) is 2.73. The zero-order valence-electron chi connectivity index (χ0n) is 12.8. The third kappa shape index (κ3) is 3.48. The van der Waals surface area contributed by atoms with Gasteiger partial charge in [0.25, 0.3) is 0 Å². The molecule has 2 nitrogen and oxygen atoms in total. The lowest BCUT2D eigenvalue weighted by atomic mass is 9.76. The molecule has 2 aliphatic rings. The van der Waals surface area contributed by atoms with Gasteiger partial charge >= 0.3 is 0 Å². The van der Waals surface area contributed by atoms with Gasteiger partial charge in [-0.15, -0.1) is 0 Å². The first-order valence-electron chi connectivity index (χ1n) is 8.03. The van der Waals surface area contributed by atoms with E-state index in [4.69, 9.17) is 0 Å². The molecule has 0 saturated heterocycles. The Hall–Kier alpha value is -0.0800. The van der Waals surface area contributed by atoms with Gasteiger partial charge in [0.2, 0.25) is 0 Å². The molecule has 106 valence electrons. The molecule has 0 aromatic carbocycles. The second kappa shape index (κ2) is 6.38. The first-order valence-corrected chi connectivity index (χ1v) is 8.03. The molecule has 0 aromatic rings. The van der Waals surface area contributed by atoms with E-state index >= 15 is 0 Å². The van der Waals surface area contributed by atoms with Crippen molar-refractivity contribution in [2.24, 2.45) is 11.8 Å². The second-order valence-electron chi connectivity index (χ2n) is 7.06. The van der Waals surface area contributed by atoms with Crippen molar-refractivity contribution in [1.29, 1.82) is 0 Å². The van der Waals surface area contributed by atoms with Gasteiger partial charge < -0.3 is 10.2 Å². The molecule has 4 unspecified atom stereocenters. The standard InChI is InChI=1S/C16H32N2/c1-12(2)17-11-14-8-9-16(14)18(4)15-7-5-6-13(3)10-15/h12-17H,5-11H2,1-4H3. The van der Waals surface area contributed by atoms with Crippen LogP contribution in [0.5, 0.6) is 0 Å². The average Bonchev–Trinajstić information content (AvgIpc) is 2.27. The minimum Gasteiger partial charge on any atom is -0.314 e. The summed E-state index contributed by atoms with van der Waals surface area (Å²) in [5, 5.41) is 3.62. The maximum absolute atomic E-state index is 3.62. The molecular formula is C16H32N2. The van der Waals surface area contributed by atoms with E-state index in [0.29, 0.717) is 6.04 Å². The summed E-state index contributed by atoms with van der Waals surface area (Å²) in [5.74, 6) is 1.84. The Labute approximate surface area is 114 Å². The summed E-state index contributed by atoms with van der Waals surface area (Å²) < 4.78 is 0. The van der Waals surface area contributed by atoms with Crippen LogP contribution in [0.4, 0.5) is 0 Å². The van der Waals surface area contributed by atoms with Crippen molar-refractivity contribution < 1.29 is 0 Å².